The minimum absolute atomic E-state index is 0.161. The van der Waals surface area contributed by atoms with Gasteiger partial charge in [-0.15, -0.1) is 0 Å². The third kappa shape index (κ3) is 4.03. The van der Waals surface area contributed by atoms with Crippen molar-refractivity contribution in [1.29, 1.82) is 0 Å². The van der Waals surface area contributed by atoms with E-state index in [1.54, 1.807) is 13.0 Å². The quantitative estimate of drug-likeness (QED) is 0.653. The van der Waals surface area contributed by atoms with E-state index in [4.69, 9.17) is 10.5 Å². The molecule has 0 atom stereocenters. The number of aryl methyl sites for hydroxylation is 1. The van der Waals surface area contributed by atoms with Crippen LogP contribution in [0.15, 0.2) is 39.1 Å². The molecule has 1 heterocycles. The van der Waals surface area contributed by atoms with E-state index in [1.807, 2.05) is 19.1 Å². The van der Waals surface area contributed by atoms with Crippen LogP contribution >= 0.6 is 11.8 Å². The average molecular weight is 291 g/mol. The largest absolute Gasteiger partial charge is 0.493 e. The molecule has 1 aromatic carbocycles. The summed E-state index contributed by atoms with van der Waals surface area (Å²) in [6.45, 7) is 4.48. The van der Waals surface area contributed by atoms with Gasteiger partial charge in [-0.2, -0.15) is 0 Å². The van der Waals surface area contributed by atoms with Gasteiger partial charge in [0.1, 0.15) is 5.75 Å². The molecule has 0 radical (unpaired) electrons. The van der Waals surface area contributed by atoms with Gasteiger partial charge >= 0.3 is 0 Å². The van der Waals surface area contributed by atoms with Gasteiger partial charge in [0.25, 0.3) is 5.56 Å². The van der Waals surface area contributed by atoms with Crippen molar-refractivity contribution in [3.63, 3.8) is 0 Å². The molecule has 0 saturated heterocycles. The Morgan fingerprint density at radius 1 is 1.35 bits per heavy atom. The van der Waals surface area contributed by atoms with Gasteiger partial charge in [0.05, 0.1) is 6.61 Å². The highest BCUT2D eigenvalue weighted by molar-refractivity contribution is 7.99. The van der Waals surface area contributed by atoms with Gasteiger partial charge in [0.2, 0.25) is 0 Å². The molecule has 6 heteroatoms. The maximum atomic E-state index is 11.4. The summed E-state index contributed by atoms with van der Waals surface area (Å²) in [5.41, 5.74) is 7.00. The van der Waals surface area contributed by atoms with E-state index in [2.05, 4.69) is 9.97 Å². The Morgan fingerprint density at radius 2 is 2.15 bits per heavy atom. The van der Waals surface area contributed by atoms with Crippen LogP contribution in [0.1, 0.15) is 19.0 Å². The van der Waals surface area contributed by atoms with E-state index in [-0.39, 0.29) is 5.56 Å². The maximum Gasteiger partial charge on any atom is 0.251 e. The standard InChI is InChI=1S/C14H17N3O2S/c1-3-4-19-11-6-10(15)7-12(8-11)20-14-16-9(2)5-13(18)17-14/h5-8H,3-4,15H2,1-2H3,(H,16,17,18). The van der Waals surface area contributed by atoms with Gasteiger partial charge in [0, 0.05) is 28.4 Å². The Labute approximate surface area is 121 Å². The summed E-state index contributed by atoms with van der Waals surface area (Å²) in [4.78, 5) is 19.3. The van der Waals surface area contributed by atoms with Crippen molar-refractivity contribution >= 4 is 17.4 Å². The van der Waals surface area contributed by atoms with Crippen molar-refractivity contribution in [1.82, 2.24) is 9.97 Å². The fraction of sp³-hybridized carbons (Fsp3) is 0.286. The highest BCUT2D eigenvalue weighted by atomic mass is 32.2. The molecular weight excluding hydrogens is 274 g/mol. The van der Waals surface area contributed by atoms with Crippen LogP contribution in [0.2, 0.25) is 0 Å². The Hall–Kier alpha value is -1.95. The van der Waals surface area contributed by atoms with Gasteiger partial charge < -0.3 is 15.5 Å². The number of nitrogens with zero attached hydrogens (tertiary/aromatic N) is 1. The lowest BCUT2D eigenvalue weighted by Gasteiger charge is -2.08. The second kappa shape index (κ2) is 6.47. The van der Waals surface area contributed by atoms with E-state index < -0.39 is 0 Å². The van der Waals surface area contributed by atoms with Crippen molar-refractivity contribution < 1.29 is 4.74 Å². The summed E-state index contributed by atoms with van der Waals surface area (Å²) >= 11 is 1.35. The molecule has 0 spiro atoms. The van der Waals surface area contributed by atoms with E-state index in [0.29, 0.717) is 23.1 Å². The predicted molar refractivity (Wildman–Crippen MR) is 80.4 cm³/mol. The number of hydrogen-bond donors (Lipinski definition) is 2. The molecule has 106 valence electrons. The lowest BCUT2D eigenvalue weighted by molar-refractivity contribution is 0.317. The smallest absolute Gasteiger partial charge is 0.251 e. The minimum atomic E-state index is -0.161. The molecule has 1 aromatic heterocycles. The van der Waals surface area contributed by atoms with Crippen LogP contribution in [0.25, 0.3) is 0 Å². The molecule has 0 aliphatic rings. The first-order valence-corrected chi connectivity index (χ1v) is 7.17. The maximum absolute atomic E-state index is 11.4. The van der Waals surface area contributed by atoms with Crippen LogP contribution in [0.4, 0.5) is 5.69 Å². The first-order chi connectivity index (χ1) is 9.56. The first-order valence-electron chi connectivity index (χ1n) is 6.36. The summed E-state index contributed by atoms with van der Waals surface area (Å²) in [7, 11) is 0. The van der Waals surface area contributed by atoms with E-state index >= 15 is 0 Å². The molecule has 0 saturated carbocycles. The Balaban J connectivity index is 2.23. The zero-order valence-electron chi connectivity index (χ0n) is 11.5. The van der Waals surface area contributed by atoms with Gasteiger partial charge in [-0.1, -0.05) is 18.7 Å². The zero-order valence-corrected chi connectivity index (χ0v) is 12.3. The van der Waals surface area contributed by atoms with Crippen molar-refractivity contribution in [3.8, 4) is 5.75 Å². The minimum Gasteiger partial charge on any atom is -0.493 e. The fourth-order valence-electron chi connectivity index (χ4n) is 1.67. The fourth-order valence-corrected chi connectivity index (χ4v) is 2.60. The Bertz CT molecular complexity index is 655. The van der Waals surface area contributed by atoms with E-state index in [1.165, 1.54) is 17.8 Å². The van der Waals surface area contributed by atoms with Crippen LogP contribution in [0.5, 0.6) is 5.75 Å². The third-order valence-electron chi connectivity index (χ3n) is 2.44. The Morgan fingerprint density at radius 3 is 2.85 bits per heavy atom. The molecule has 0 aliphatic carbocycles. The van der Waals surface area contributed by atoms with Gasteiger partial charge in [-0.05, 0) is 25.5 Å². The number of H-pyrrole nitrogens is 1. The number of aromatic nitrogens is 2. The summed E-state index contributed by atoms with van der Waals surface area (Å²) in [5.74, 6) is 0.726. The summed E-state index contributed by atoms with van der Waals surface area (Å²) < 4.78 is 5.58. The van der Waals surface area contributed by atoms with Gasteiger partial charge in [0.15, 0.2) is 5.16 Å². The molecule has 0 unspecified atom stereocenters. The number of hydrogen-bond acceptors (Lipinski definition) is 5. The Kier molecular flexibility index (Phi) is 4.68. The number of nitrogens with one attached hydrogen (secondary N) is 1. The zero-order chi connectivity index (χ0) is 14.5. The lowest BCUT2D eigenvalue weighted by atomic mass is 10.3. The highest BCUT2D eigenvalue weighted by Gasteiger charge is 2.05. The van der Waals surface area contributed by atoms with Crippen molar-refractivity contribution in [2.45, 2.75) is 30.3 Å². The monoisotopic (exact) mass is 291 g/mol. The second-order valence-electron chi connectivity index (χ2n) is 4.38. The molecule has 20 heavy (non-hydrogen) atoms. The van der Waals surface area contributed by atoms with Crippen LogP contribution in [0.3, 0.4) is 0 Å². The van der Waals surface area contributed by atoms with Crippen LogP contribution in [-0.4, -0.2) is 16.6 Å². The number of nitrogens with two attached hydrogens (primary N) is 1. The number of benzene rings is 1. The van der Waals surface area contributed by atoms with Crippen molar-refractivity contribution in [3.05, 3.63) is 40.3 Å². The van der Waals surface area contributed by atoms with E-state index in [0.717, 1.165) is 17.1 Å². The number of rotatable bonds is 5. The second-order valence-corrected chi connectivity index (χ2v) is 5.44. The molecule has 0 aliphatic heterocycles. The molecule has 0 fully saturated rings. The highest BCUT2D eigenvalue weighted by Crippen LogP contribution is 2.30. The molecule has 5 nitrogen and oxygen atoms in total. The SMILES string of the molecule is CCCOc1cc(N)cc(Sc2nc(C)cc(=O)[nH]2)c1. The summed E-state index contributed by atoms with van der Waals surface area (Å²) in [6.07, 6.45) is 0.935. The van der Waals surface area contributed by atoms with Crippen LogP contribution < -0.4 is 16.0 Å². The number of ether oxygens (including phenoxy) is 1. The topological polar surface area (TPSA) is 81.0 Å². The average Bonchev–Trinajstić information content (AvgIpc) is 2.34. The summed E-state index contributed by atoms with van der Waals surface area (Å²) in [5, 5.41) is 0.544. The number of nitrogen functional groups attached to an aromatic ring is 1. The van der Waals surface area contributed by atoms with Crippen LogP contribution in [0, 0.1) is 6.92 Å². The van der Waals surface area contributed by atoms with Gasteiger partial charge in [-0.25, -0.2) is 4.98 Å². The lowest BCUT2D eigenvalue weighted by Crippen LogP contribution is -2.07. The predicted octanol–water partition coefficient (Wildman–Crippen LogP) is 2.60. The molecule has 0 bridgehead atoms. The summed E-state index contributed by atoms with van der Waals surface area (Å²) in [6, 6.07) is 6.95. The normalized spacial score (nSPS) is 10.5. The molecule has 2 rings (SSSR count). The first kappa shape index (κ1) is 14.5. The number of anilines is 1. The molecule has 3 N–H and O–H groups in total. The van der Waals surface area contributed by atoms with Gasteiger partial charge in [-0.3, -0.25) is 4.79 Å². The molecule has 0 amide bonds. The molecular formula is C14H17N3O2S. The van der Waals surface area contributed by atoms with Crippen LogP contribution in [-0.2, 0) is 0 Å². The van der Waals surface area contributed by atoms with Crippen molar-refractivity contribution in [2.24, 2.45) is 0 Å². The third-order valence-corrected chi connectivity index (χ3v) is 3.30. The van der Waals surface area contributed by atoms with Crippen molar-refractivity contribution in [2.75, 3.05) is 12.3 Å². The molecule has 2 aromatic rings. The van der Waals surface area contributed by atoms with E-state index in [9.17, 15) is 4.79 Å². The number of aromatic amines is 1.